The van der Waals surface area contributed by atoms with E-state index in [-0.39, 0.29) is 6.04 Å². The fourth-order valence-electron chi connectivity index (χ4n) is 2.32. The molecule has 3 nitrogen and oxygen atoms in total. The molecule has 0 spiro atoms. The number of nitrogens with zero attached hydrogens (tertiary/aromatic N) is 1. The van der Waals surface area contributed by atoms with Crippen LogP contribution in [0.4, 0.5) is 0 Å². The summed E-state index contributed by atoms with van der Waals surface area (Å²) in [4.78, 5) is 2.37. The standard InChI is InChI=1S/C15H26N2OS/c1-12(11-19-4)17(2)15(9-16)14-8-6-5-7-13(14)10-18-3/h5-8,12,15H,9-11,16H2,1-4H3. The van der Waals surface area contributed by atoms with Gasteiger partial charge in [0.1, 0.15) is 0 Å². The minimum Gasteiger partial charge on any atom is -0.380 e. The number of rotatable bonds is 8. The average Bonchev–Trinajstić information content (AvgIpc) is 2.42. The van der Waals surface area contributed by atoms with Crippen LogP contribution < -0.4 is 5.73 Å². The Morgan fingerprint density at radius 3 is 2.63 bits per heavy atom. The van der Waals surface area contributed by atoms with E-state index in [1.54, 1.807) is 7.11 Å². The number of nitrogens with two attached hydrogens (primary N) is 1. The number of hydrogen-bond acceptors (Lipinski definition) is 4. The smallest absolute Gasteiger partial charge is 0.0716 e. The molecule has 2 N–H and O–H groups in total. The maximum Gasteiger partial charge on any atom is 0.0716 e. The Balaban J connectivity index is 2.95. The Kier molecular flexibility index (Phi) is 7.46. The van der Waals surface area contributed by atoms with Gasteiger partial charge in [-0.3, -0.25) is 4.90 Å². The van der Waals surface area contributed by atoms with Gasteiger partial charge in [0.15, 0.2) is 0 Å². The van der Waals surface area contributed by atoms with Crippen molar-refractivity contribution < 1.29 is 4.74 Å². The minimum absolute atomic E-state index is 0.244. The van der Waals surface area contributed by atoms with E-state index in [2.05, 4.69) is 49.4 Å². The maximum absolute atomic E-state index is 6.02. The highest BCUT2D eigenvalue weighted by Gasteiger charge is 2.21. The van der Waals surface area contributed by atoms with Gasteiger partial charge >= 0.3 is 0 Å². The van der Waals surface area contributed by atoms with Gasteiger partial charge in [-0.1, -0.05) is 24.3 Å². The van der Waals surface area contributed by atoms with Crippen LogP contribution in [0.25, 0.3) is 0 Å². The van der Waals surface area contributed by atoms with Crippen molar-refractivity contribution in [3.8, 4) is 0 Å². The Morgan fingerprint density at radius 2 is 2.05 bits per heavy atom. The summed E-state index contributed by atoms with van der Waals surface area (Å²) in [5.74, 6) is 1.11. The lowest BCUT2D eigenvalue weighted by Crippen LogP contribution is -2.38. The topological polar surface area (TPSA) is 38.5 Å². The normalized spacial score (nSPS) is 14.6. The fraction of sp³-hybridized carbons (Fsp3) is 0.600. The summed E-state index contributed by atoms with van der Waals surface area (Å²) in [5.41, 5.74) is 8.52. The quantitative estimate of drug-likeness (QED) is 0.795. The zero-order valence-corrected chi connectivity index (χ0v) is 13.2. The summed E-state index contributed by atoms with van der Waals surface area (Å²) in [6.45, 7) is 3.51. The molecule has 0 saturated carbocycles. The van der Waals surface area contributed by atoms with Crippen molar-refractivity contribution in [1.29, 1.82) is 0 Å². The monoisotopic (exact) mass is 282 g/mol. The van der Waals surface area contributed by atoms with Crippen LogP contribution in [0.2, 0.25) is 0 Å². The average molecular weight is 282 g/mol. The van der Waals surface area contributed by atoms with Crippen LogP contribution in [0.1, 0.15) is 24.1 Å². The number of likely N-dealkylation sites (N-methyl/N-ethyl adjacent to an activating group) is 1. The van der Waals surface area contributed by atoms with Gasteiger partial charge in [0, 0.05) is 31.5 Å². The second-order valence-electron chi connectivity index (χ2n) is 4.85. The predicted octanol–water partition coefficient (Wildman–Crippen LogP) is 2.52. The number of ether oxygens (including phenoxy) is 1. The first-order valence-electron chi connectivity index (χ1n) is 6.63. The van der Waals surface area contributed by atoms with Gasteiger partial charge in [0.05, 0.1) is 6.61 Å². The Bertz CT molecular complexity index is 373. The van der Waals surface area contributed by atoms with Crippen molar-refractivity contribution in [2.24, 2.45) is 5.73 Å². The largest absolute Gasteiger partial charge is 0.380 e. The van der Waals surface area contributed by atoms with Gasteiger partial charge in [-0.05, 0) is 31.4 Å². The molecule has 2 unspecified atom stereocenters. The van der Waals surface area contributed by atoms with Gasteiger partial charge in [-0.2, -0.15) is 11.8 Å². The third kappa shape index (κ3) is 4.49. The molecule has 1 rings (SSSR count). The first-order valence-corrected chi connectivity index (χ1v) is 8.02. The van der Waals surface area contributed by atoms with Crippen molar-refractivity contribution in [1.82, 2.24) is 4.90 Å². The molecule has 0 aliphatic carbocycles. The van der Waals surface area contributed by atoms with E-state index in [4.69, 9.17) is 10.5 Å². The molecule has 0 heterocycles. The fourth-order valence-corrected chi connectivity index (χ4v) is 3.04. The molecule has 0 radical (unpaired) electrons. The van der Waals surface area contributed by atoms with Crippen LogP contribution in [0.15, 0.2) is 24.3 Å². The van der Waals surface area contributed by atoms with Gasteiger partial charge in [-0.25, -0.2) is 0 Å². The van der Waals surface area contributed by atoms with Gasteiger partial charge in [0.25, 0.3) is 0 Å². The van der Waals surface area contributed by atoms with E-state index in [9.17, 15) is 0 Å². The second kappa shape index (κ2) is 8.59. The van der Waals surface area contributed by atoms with E-state index in [1.165, 1.54) is 11.1 Å². The van der Waals surface area contributed by atoms with Crippen molar-refractivity contribution in [2.45, 2.75) is 25.6 Å². The van der Waals surface area contributed by atoms with Crippen LogP contribution in [0.5, 0.6) is 0 Å². The van der Waals surface area contributed by atoms with Gasteiger partial charge < -0.3 is 10.5 Å². The molecular formula is C15H26N2OS. The summed E-state index contributed by atoms with van der Waals surface area (Å²) < 4.78 is 5.29. The molecule has 4 heteroatoms. The molecule has 19 heavy (non-hydrogen) atoms. The summed E-state index contributed by atoms with van der Waals surface area (Å²) in [6.07, 6.45) is 2.14. The molecule has 0 fully saturated rings. The maximum atomic E-state index is 6.02. The molecule has 2 atom stereocenters. The molecule has 0 bridgehead atoms. The summed E-state index contributed by atoms with van der Waals surface area (Å²) in [5, 5.41) is 0. The molecule has 0 aliphatic heterocycles. The van der Waals surface area contributed by atoms with Gasteiger partial charge in [-0.15, -0.1) is 0 Å². The number of benzene rings is 1. The lowest BCUT2D eigenvalue weighted by Gasteiger charge is -2.33. The zero-order chi connectivity index (χ0) is 14.3. The summed E-state index contributed by atoms with van der Waals surface area (Å²) in [6, 6.07) is 9.15. The van der Waals surface area contributed by atoms with Crippen molar-refractivity contribution >= 4 is 11.8 Å². The number of thioether (sulfide) groups is 1. The zero-order valence-electron chi connectivity index (χ0n) is 12.4. The molecular weight excluding hydrogens is 256 g/mol. The molecule has 1 aromatic rings. The number of methoxy groups -OCH3 is 1. The highest BCUT2D eigenvalue weighted by molar-refractivity contribution is 7.98. The molecule has 1 aromatic carbocycles. The lowest BCUT2D eigenvalue weighted by atomic mass is 9.99. The van der Waals surface area contributed by atoms with Crippen LogP contribution in [-0.2, 0) is 11.3 Å². The van der Waals surface area contributed by atoms with E-state index >= 15 is 0 Å². The molecule has 108 valence electrons. The van der Waals surface area contributed by atoms with E-state index < -0.39 is 0 Å². The minimum atomic E-state index is 0.244. The highest BCUT2D eigenvalue weighted by Crippen LogP contribution is 2.25. The number of hydrogen-bond donors (Lipinski definition) is 1. The molecule has 0 amide bonds. The molecule has 0 saturated heterocycles. The summed E-state index contributed by atoms with van der Waals surface area (Å²) >= 11 is 1.87. The van der Waals surface area contributed by atoms with Crippen LogP contribution in [-0.4, -0.2) is 43.7 Å². The first-order chi connectivity index (χ1) is 9.15. The Labute approximate surface area is 121 Å². The molecule has 0 aromatic heterocycles. The van der Waals surface area contributed by atoms with E-state index in [0.717, 1.165) is 5.75 Å². The Morgan fingerprint density at radius 1 is 1.37 bits per heavy atom. The van der Waals surface area contributed by atoms with Crippen LogP contribution >= 0.6 is 11.8 Å². The van der Waals surface area contributed by atoms with E-state index in [1.807, 2.05) is 11.8 Å². The van der Waals surface area contributed by atoms with E-state index in [0.29, 0.717) is 19.2 Å². The first kappa shape index (κ1) is 16.5. The molecule has 0 aliphatic rings. The van der Waals surface area contributed by atoms with Gasteiger partial charge in [0.2, 0.25) is 0 Å². The Hall–Kier alpha value is -0.550. The summed E-state index contributed by atoms with van der Waals surface area (Å²) in [7, 11) is 3.89. The van der Waals surface area contributed by atoms with Crippen LogP contribution in [0.3, 0.4) is 0 Å². The van der Waals surface area contributed by atoms with Crippen molar-refractivity contribution in [3.05, 3.63) is 35.4 Å². The van der Waals surface area contributed by atoms with Crippen molar-refractivity contribution in [3.63, 3.8) is 0 Å². The predicted molar refractivity (Wildman–Crippen MR) is 84.6 cm³/mol. The SMILES string of the molecule is COCc1ccccc1C(CN)N(C)C(C)CSC. The third-order valence-electron chi connectivity index (χ3n) is 3.53. The lowest BCUT2D eigenvalue weighted by molar-refractivity contribution is 0.175. The highest BCUT2D eigenvalue weighted by atomic mass is 32.2. The van der Waals surface area contributed by atoms with Crippen molar-refractivity contribution in [2.75, 3.05) is 32.7 Å². The second-order valence-corrected chi connectivity index (χ2v) is 5.76. The van der Waals surface area contributed by atoms with Crippen LogP contribution in [0, 0.1) is 0 Å². The third-order valence-corrected chi connectivity index (χ3v) is 4.35.